The summed E-state index contributed by atoms with van der Waals surface area (Å²) in [6, 6.07) is 6.40. The molecule has 29 heavy (non-hydrogen) atoms. The van der Waals surface area contributed by atoms with Crippen molar-refractivity contribution in [3.8, 4) is 0 Å². The van der Waals surface area contributed by atoms with E-state index in [1.807, 2.05) is 0 Å². The number of ether oxygens (including phenoxy) is 2. The summed E-state index contributed by atoms with van der Waals surface area (Å²) in [5.41, 5.74) is -3.77. The predicted octanol–water partition coefficient (Wildman–Crippen LogP) is 3.58. The Balaban J connectivity index is 2.27. The van der Waals surface area contributed by atoms with Crippen LogP contribution in [0.5, 0.6) is 0 Å². The summed E-state index contributed by atoms with van der Waals surface area (Å²) in [4.78, 5) is 12.6. The minimum atomic E-state index is -5.10. The third kappa shape index (κ3) is 4.30. The summed E-state index contributed by atoms with van der Waals surface area (Å²) in [5.74, 6) is -1.59. The number of sulfone groups is 1. The highest BCUT2D eigenvalue weighted by atomic mass is 32.2. The molecule has 1 aliphatic rings. The largest absolute Gasteiger partial charge is 0.462 e. The Morgan fingerprint density at radius 1 is 1.03 bits per heavy atom. The molecule has 0 aromatic heterocycles. The first-order valence-electron chi connectivity index (χ1n) is 8.63. The average Bonchev–Trinajstić information content (AvgIpc) is 3.09. The van der Waals surface area contributed by atoms with Gasteiger partial charge in [0.1, 0.15) is 5.25 Å². The van der Waals surface area contributed by atoms with Gasteiger partial charge in [-0.3, -0.25) is 0 Å². The molecule has 2 rings (SSSR count). The Labute approximate surface area is 169 Å². The highest BCUT2D eigenvalue weighted by molar-refractivity contribution is 7.95. The van der Waals surface area contributed by atoms with Crippen LogP contribution in [0.4, 0.5) is 13.2 Å². The number of hydrogen-bond acceptors (Lipinski definition) is 5. The maximum Gasteiger partial charge on any atom is 0.432 e. The van der Waals surface area contributed by atoms with Crippen molar-refractivity contribution in [1.82, 2.24) is 0 Å². The van der Waals surface area contributed by atoms with Crippen LogP contribution in [0.15, 0.2) is 30.3 Å². The molecule has 0 bridgehead atoms. The van der Waals surface area contributed by atoms with Gasteiger partial charge in [0, 0.05) is 18.6 Å². The van der Waals surface area contributed by atoms with E-state index in [2.05, 4.69) is 4.74 Å². The summed E-state index contributed by atoms with van der Waals surface area (Å²) in [6.07, 6.45) is -0.955. The third-order valence-electron chi connectivity index (χ3n) is 4.49. The van der Waals surface area contributed by atoms with E-state index in [4.69, 9.17) is 4.74 Å². The van der Waals surface area contributed by atoms with Crippen molar-refractivity contribution in [2.24, 2.45) is 0 Å². The normalized spacial score (nSPS) is 19.1. The van der Waals surface area contributed by atoms with Crippen LogP contribution >= 0.6 is 0 Å². The van der Waals surface area contributed by atoms with Gasteiger partial charge < -0.3 is 9.47 Å². The van der Waals surface area contributed by atoms with Gasteiger partial charge in [-0.1, -0.05) is 30.3 Å². The molecule has 1 aliphatic carbocycles. The van der Waals surface area contributed by atoms with Crippen LogP contribution in [0, 0.1) is 30.4 Å². The highest BCUT2D eigenvalue weighted by Crippen LogP contribution is 2.45. The molecular weight excluding hydrogens is 409 g/mol. The van der Waals surface area contributed by atoms with Crippen molar-refractivity contribution in [1.29, 1.82) is 0 Å². The summed E-state index contributed by atoms with van der Waals surface area (Å²) in [7, 11) is -3.01. The quantitative estimate of drug-likeness (QED) is 0.644. The second-order valence-electron chi connectivity index (χ2n) is 7.36. The topological polar surface area (TPSA) is 69.7 Å². The third-order valence-corrected chi connectivity index (χ3v) is 7.08. The standard InChI is InChI=1S/C20H22F3O5S/c1-18(2,3)29(25,26)16-12-8-9-14(16)13-28-17(24)19(27-4,20(21,22)23)15-10-6-5-7-11-15/h5-12H,13H2,1-4H3/t19-/m1/s1. The number of carbonyl (C=O) groups is 1. The van der Waals surface area contributed by atoms with E-state index in [-0.39, 0.29) is 11.2 Å². The Kier molecular flexibility index (Phi) is 6.74. The number of methoxy groups -OCH3 is 1. The minimum absolute atomic E-state index is 0.0902. The molecule has 0 aliphatic heterocycles. The molecule has 0 amide bonds. The van der Waals surface area contributed by atoms with Crippen molar-refractivity contribution in [2.45, 2.75) is 37.3 Å². The summed E-state index contributed by atoms with van der Waals surface area (Å²) in [6.45, 7) is 3.85. The van der Waals surface area contributed by atoms with Crippen LogP contribution in [0.3, 0.4) is 0 Å². The molecule has 5 radical (unpaired) electrons. The van der Waals surface area contributed by atoms with E-state index in [0.29, 0.717) is 0 Å². The number of halogens is 3. The zero-order chi connectivity index (χ0) is 22.1. The molecule has 9 heteroatoms. The van der Waals surface area contributed by atoms with Crippen LogP contribution in [0.2, 0.25) is 0 Å². The summed E-state index contributed by atoms with van der Waals surface area (Å²) >= 11 is 0. The molecule has 0 spiro atoms. The number of hydrogen-bond donors (Lipinski definition) is 0. The van der Waals surface area contributed by atoms with Gasteiger partial charge in [-0.2, -0.15) is 13.2 Å². The van der Waals surface area contributed by atoms with Gasteiger partial charge in [0.2, 0.25) is 0 Å². The SMILES string of the molecule is CO[C@@](C(=O)OC[C]1[CH][CH][CH][C]1S(=O)(=O)C(C)(C)C)(c1ccccc1)C(F)(F)F. The molecule has 0 saturated heterocycles. The second kappa shape index (κ2) is 8.26. The smallest absolute Gasteiger partial charge is 0.432 e. The molecule has 5 nitrogen and oxygen atoms in total. The lowest BCUT2D eigenvalue weighted by Gasteiger charge is -2.33. The fourth-order valence-corrected chi connectivity index (χ4v) is 4.17. The number of rotatable bonds is 6. The van der Waals surface area contributed by atoms with Gasteiger partial charge in [-0.25, -0.2) is 13.2 Å². The van der Waals surface area contributed by atoms with Gasteiger partial charge >= 0.3 is 12.1 Å². The van der Waals surface area contributed by atoms with Crippen molar-refractivity contribution in [3.63, 3.8) is 0 Å². The first-order chi connectivity index (χ1) is 13.3. The first-order valence-corrected chi connectivity index (χ1v) is 10.1. The van der Waals surface area contributed by atoms with Crippen LogP contribution in [0.25, 0.3) is 0 Å². The minimum Gasteiger partial charge on any atom is -0.462 e. The van der Waals surface area contributed by atoms with Crippen molar-refractivity contribution >= 4 is 15.8 Å². The average molecular weight is 431 g/mol. The van der Waals surface area contributed by atoms with Crippen LogP contribution in [0.1, 0.15) is 26.3 Å². The number of esters is 1. The zero-order valence-electron chi connectivity index (χ0n) is 16.4. The molecular formula is C20H22F3O5S. The second-order valence-corrected chi connectivity index (χ2v) is 10.0. The number of alkyl halides is 3. The van der Waals surface area contributed by atoms with Gasteiger partial charge in [0.15, 0.2) is 9.84 Å². The Morgan fingerprint density at radius 3 is 2.10 bits per heavy atom. The maximum atomic E-state index is 13.9. The van der Waals surface area contributed by atoms with E-state index >= 15 is 0 Å². The number of carbonyl (C=O) groups excluding carboxylic acids is 1. The number of benzene rings is 1. The molecule has 1 fully saturated rings. The fraction of sp³-hybridized carbons (Fsp3) is 0.400. The van der Waals surface area contributed by atoms with E-state index in [1.54, 1.807) is 0 Å². The molecule has 1 atom stereocenters. The summed E-state index contributed by atoms with van der Waals surface area (Å²) in [5, 5.41) is -0.0902. The lowest BCUT2D eigenvalue weighted by molar-refractivity contribution is -0.276. The van der Waals surface area contributed by atoms with Gasteiger partial charge in [-0.15, -0.1) is 0 Å². The van der Waals surface area contributed by atoms with E-state index in [0.717, 1.165) is 19.2 Å². The Hall–Kier alpha value is -1.61. The molecule has 0 unspecified atom stereocenters. The zero-order valence-corrected chi connectivity index (χ0v) is 17.2. The predicted molar refractivity (Wildman–Crippen MR) is 100 cm³/mol. The molecule has 0 heterocycles. The van der Waals surface area contributed by atoms with Gasteiger partial charge in [-0.05, 0) is 40.0 Å². The first kappa shape index (κ1) is 23.7. The molecule has 1 aromatic carbocycles. The molecule has 1 aromatic rings. The van der Waals surface area contributed by atoms with Crippen molar-refractivity contribution < 1.29 is 35.9 Å². The lowest BCUT2D eigenvalue weighted by atomic mass is 9.92. The van der Waals surface area contributed by atoms with Gasteiger partial charge in [0.05, 0.1) is 11.4 Å². The molecule has 1 saturated carbocycles. The van der Waals surface area contributed by atoms with Gasteiger partial charge in [0.25, 0.3) is 5.60 Å². The maximum absolute atomic E-state index is 13.9. The van der Waals surface area contributed by atoms with Crippen molar-refractivity contribution in [2.75, 3.05) is 13.7 Å². The summed E-state index contributed by atoms with van der Waals surface area (Å²) < 4.78 is 75.4. The van der Waals surface area contributed by atoms with Crippen LogP contribution in [-0.2, 0) is 29.7 Å². The van der Waals surface area contributed by atoms with E-state index < -0.39 is 44.5 Å². The Morgan fingerprint density at radius 2 is 1.62 bits per heavy atom. The lowest BCUT2D eigenvalue weighted by Crippen LogP contribution is -2.52. The Bertz CT molecular complexity index is 815. The highest BCUT2D eigenvalue weighted by Gasteiger charge is 2.64. The van der Waals surface area contributed by atoms with Crippen molar-refractivity contribution in [3.05, 3.63) is 66.3 Å². The monoisotopic (exact) mass is 431 g/mol. The van der Waals surface area contributed by atoms with Crippen LogP contribution < -0.4 is 0 Å². The van der Waals surface area contributed by atoms with E-state index in [1.165, 1.54) is 58.2 Å². The molecule has 159 valence electrons. The van der Waals surface area contributed by atoms with E-state index in [9.17, 15) is 26.4 Å². The molecule has 0 N–H and O–H groups in total. The van der Waals surface area contributed by atoms with Crippen LogP contribution in [-0.4, -0.2) is 39.0 Å². The fourth-order valence-electron chi connectivity index (χ4n) is 2.78.